The van der Waals surface area contributed by atoms with Crippen molar-refractivity contribution in [1.29, 1.82) is 0 Å². The summed E-state index contributed by atoms with van der Waals surface area (Å²) >= 11 is 5.12. The van der Waals surface area contributed by atoms with E-state index in [1.807, 2.05) is 29.6 Å². The molecule has 4 heteroatoms. The summed E-state index contributed by atoms with van der Waals surface area (Å²) in [6.45, 7) is 0.501. The van der Waals surface area contributed by atoms with Crippen molar-refractivity contribution >= 4 is 27.3 Å². The van der Waals surface area contributed by atoms with Crippen LogP contribution in [0.5, 0.6) is 0 Å². The van der Waals surface area contributed by atoms with Crippen LogP contribution in [0.3, 0.4) is 0 Å². The van der Waals surface area contributed by atoms with Gasteiger partial charge in [-0.2, -0.15) is 0 Å². The van der Waals surface area contributed by atoms with E-state index in [0.717, 1.165) is 20.7 Å². The molecule has 0 amide bonds. The molecule has 0 saturated heterocycles. The molecule has 1 aromatic carbocycles. The standard InChI is InChI=1S/C10H9BrN2S/c11-9-4-2-1-3-8(9)10-13-7(5-12)6-14-10/h1-4,6H,5,12H2. The molecule has 0 bridgehead atoms. The molecule has 0 unspecified atom stereocenters. The number of hydrogen-bond acceptors (Lipinski definition) is 3. The highest BCUT2D eigenvalue weighted by molar-refractivity contribution is 9.10. The van der Waals surface area contributed by atoms with Crippen molar-refractivity contribution in [2.75, 3.05) is 0 Å². The van der Waals surface area contributed by atoms with Crippen LogP contribution in [-0.2, 0) is 6.54 Å². The Balaban J connectivity index is 2.44. The Labute approximate surface area is 94.9 Å². The summed E-state index contributed by atoms with van der Waals surface area (Å²) in [5, 5.41) is 3.01. The first kappa shape index (κ1) is 9.83. The van der Waals surface area contributed by atoms with Crippen LogP contribution in [0, 0.1) is 0 Å². The molecule has 14 heavy (non-hydrogen) atoms. The Hall–Kier alpha value is -0.710. The molecule has 0 aliphatic carbocycles. The minimum Gasteiger partial charge on any atom is -0.325 e. The first-order valence-electron chi connectivity index (χ1n) is 4.20. The fourth-order valence-corrected chi connectivity index (χ4v) is 2.63. The number of aromatic nitrogens is 1. The lowest BCUT2D eigenvalue weighted by atomic mass is 10.2. The molecule has 1 heterocycles. The van der Waals surface area contributed by atoms with Crippen molar-refractivity contribution in [3.8, 4) is 10.6 Å². The molecule has 0 aliphatic rings. The summed E-state index contributed by atoms with van der Waals surface area (Å²) in [6, 6.07) is 8.05. The summed E-state index contributed by atoms with van der Waals surface area (Å²) in [6.07, 6.45) is 0. The van der Waals surface area contributed by atoms with E-state index in [1.54, 1.807) is 11.3 Å². The highest BCUT2D eigenvalue weighted by Crippen LogP contribution is 2.30. The van der Waals surface area contributed by atoms with Crippen LogP contribution in [0.15, 0.2) is 34.1 Å². The zero-order valence-electron chi connectivity index (χ0n) is 7.40. The zero-order valence-corrected chi connectivity index (χ0v) is 9.81. The van der Waals surface area contributed by atoms with Gasteiger partial charge in [-0.3, -0.25) is 0 Å². The second-order valence-electron chi connectivity index (χ2n) is 2.83. The normalized spacial score (nSPS) is 10.4. The first-order valence-corrected chi connectivity index (χ1v) is 5.88. The van der Waals surface area contributed by atoms with Crippen molar-refractivity contribution in [3.05, 3.63) is 39.8 Å². The van der Waals surface area contributed by atoms with Gasteiger partial charge >= 0.3 is 0 Å². The lowest BCUT2D eigenvalue weighted by molar-refractivity contribution is 1.01. The Morgan fingerprint density at radius 3 is 2.79 bits per heavy atom. The van der Waals surface area contributed by atoms with E-state index in [0.29, 0.717) is 6.54 Å². The Bertz CT molecular complexity index is 439. The number of benzene rings is 1. The third-order valence-electron chi connectivity index (χ3n) is 1.87. The zero-order chi connectivity index (χ0) is 9.97. The van der Waals surface area contributed by atoms with Gasteiger partial charge in [0.25, 0.3) is 0 Å². The van der Waals surface area contributed by atoms with Crippen LogP contribution in [0.2, 0.25) is 0 Å². The van der Waals surface area contributed by atoms with Crippen molar-refractivity contribution < 1.29 is 0 Å². The highest BCUT2D eigenvalue weighted by atomic mass is 79.9. The molecule has 0 aliphatic heterocycles. The van der Waals surface area contributed by atoms with E-state index < -0.39 is 0 Å². The Morgan fingerprint density at radius 1 is 1.36 bits per heavy atom. The van der Waals surface area contributed by atoms with Crippen LogP contribution >= 0.6 is 27.3 Å². The second-order valence-corrected chi connectivity index (χ2v) is 4.54. The van der Waals surface area contributed by atoms with E-state index >= 15 is 0 Å². The third kappa shape index (κ3) is 1.87. The second kappa shape index (κ2) is 4.21. The Kier molecular flexibility index (Phi) is 2.96. The van der Waals surface area contributed by atoms with E-state index in [2.05, 4.69) is 20.9 Å². The van der Waals surface area contributed by atoms with Crippen molar-refractivity contribution in [1.82, 2.24) is 4.98 Å². The summed E-state index contributed by atoms with van der Waals surface area (Å²) in [5.41, 5.74) is 7.58. The molecule has 0 spiro atoms. The summed E-state index contributed by atoms with van der Waals surface area (Å²) < 4.78 is 1.07. The number of nitrogens with zero attached hydrogens (tertiary/aromatic N) is 1. The predicted molar refractivity (Wildman–Crippen MR) is 63.1 cm³/mol. The summed E-state index contributed by atoms with van der Waals surface area (Å²) in [4.78, 5) is 4.42. The average molecular weight is 269 g/mol. The van der Waals surface area contributed by atoms with E-state index in [4.69, 9.17) is 5.73 Å². The van der Waals surface area contributed by atoms with Gasteiger partial charge in [-0.15, -0.1) is 11.3 Å². The molecule has 1 aromatic heterocycles. The number of thiazole rings is 1. The predicted octanol–water partition coefficient (Wildman–Crippen LogP) is 3.03. The van der Waals surface area contributed by atoms with E-state index in [9.17, 15) is 0 Å². The van der Waals surface area contributed by atoms with E-state index in [-0.39, 0.29) is 0 Å². The van der Waals surface area contributed by atoms with Gasteiger partial charge in [-0.1, -0.05) is 34.1 Å². The molecule has 2 rings (SSSR count). The van der Waals surface area contributed by atoms with Gasteiger partial charge in [0.15, 0.2) is 0 Å². The van der Waals surface area contributed by atoms with Crippen LogP contribution in [0.1, 0.15) is 5.69 Å². The molecule has 0 fully saturated rings. The van der Waals surface area contributed by atoms with Crippen molar-refractivity contribution in [2.24, 2.45) is 5.73 Å². The molecular weight excluding hydrogens is 260 g/mol. The van der Waals surface area contributed by atoms with Crippen molar-refractivity contribution in [2.45, 2.75) is 6.54 Å². The number of rotatable bonds is 2. The fraction of sp³-hybridized carbons (Fsp3) is 0.100. The molecule has 2 N–H and O–H groups in total. The molecule has 0 radical (unpaired) electrons. The Morgan fingerprint density at radius 2 is 2.14 bits per heavy atom. The van der Waals surface area contributed by atoms with Gasteiger partial charge in [-0.25, -0.2) is 4.98 Å². The molecule has 0 saturated carbocycles. The smallest absolute Gasteiger partial charge is 0.124 e. The van der Waals surface area contributed by atoms with E-state index in [1.165, 1.54) is 0 Å². The lowest BCUT2D eigenvalue weighted by Gasteiger charge is -1.98. The molecule has 2 nitrogen and oxygen atoms in total. The first-order chi connectivity index (χ1) is 6.81. The van der Waals surface area contributed by atoms with Gasteiger partial charge in [0.05, 0.1) is 5.69 Å². The molecule has 72 valence electrons. The summed E-state index contributed by atoms with van der Waals surface area (Å²) in [5.74, 6) is 0. The van der Waals surface area contributed by atoms with Crippen LogP contribution in [0.25, 0.3) is 10.6 Å². The maximum absolute atomic E-state index is 5.51. The van der Waals surface area contributed by atoms with Crippen LogP contribution in [0.4, 0.5) is 0 Å². The van der Waals surface area contributed by atoms with Crippen LogP contribution < -0.4 is 5.73 Å². The molecule has 0 atom stereocenters. The number of hydrogen-bond donors (Lipinski definition) is 1. The van der Waals surface area contributed by atoms with Gasteiger partial charge in [0.2, 0.25) is 0 Å². The van der Waals surface area contributed by atoms with Gasteiger partial charge in [0.1, 0.15) is 5.01 Å². The summed E-state index contributed by atoms with van der Waals surface area (Å²) in [7, 11) is 0. The monoisotopic (exact) mass is 268 g/mol. The SMILES string of the molecule is NCc1csc(-c2ccccc2Br)n1. The molecular formula is C10H9BrN2S. The molecule has 2 aromatic rings. The third-order valence-corrected chi connectivity index (χ3v) is 3.48. The van der Waals surface area contributed by atoms with Gasteiger partial charge < -0.3 is 5.73 Å². The minimum atomic E-state index is 0.501. The maximum atomic E-state index is 5.51. The largest absolute Gasteiger partial charge is 0.325 e. The average Bonchev–Trinajstić information content (AvgIpc) is 2.67. The lowest BCUT2D eigenvalue weighted by Crippen LogP contribution is -1.95. The maximum Gasteiger partial charge on any atom is 0.124 e. The van der Waals surface area contributed by atoms with Gasteiger partial charge in [-0.05, 0) is 6.07 Å². The highest BCUT2D eigenvalue weighted by Gasteiger charge is 2.06. The number of nitrogens with two attached hydrogens (primary N) is 1. The number of halogens is 1. The quantitative estimate of drug-likeness (QED) is 0.910. The topological polar surface area (TPSA) is 38.9 Å². The fourth-order valence-electron chi connectivity index (χ4n) is 1.16. The van der Waals surface area contributed by atoms with Crippen molar-refractivity contribution in [3.63, 3.8) is 0 Å². The minimum absolute atomic E-state index is 0.501. The van der Waals surface area contributed by atoms with Crippen LogP contribution in [-0.4, -0.2) is 4.98 Å². The van der Waals surface area contributed by atoms with Gasteiger partial charge in [0, 0.05) is 22.0 Å².